The largest absolute Gasteiger partial charge is 0.496 e. The van der Waals surface area contributed by atoms with Crippen molar-refractivity contribution < 1.29 is 4.74 Å². The maximum atomic E-state index is 8.43. The minimum Gasteiger partial charge on any atom is -0.496 e. The Morgan fingerprint density at radius 1 is 1.38 bits per heavy atom. The molecule has 1 heterocycles. The van der Waals surface area contributed by atoms with Crippen LogP contribution in [0.25, 0.3) is 16.1 Å². The Hall–Kier alpha value is -2.53. The van der Waals surface area contributed by atoms with E-state index in [1.54, 1.807) is 29.4 Å². The molecule has 0 spiro atoms. The molecule has 0 unspecified atom stereocenters. The first-order valence-electron chi connectivity index (χ1n) is 4.43. The van der Waals surface area contributed by atoms with Crippen molar-refractivity contribution in [3.8, 4) is 11.4 Å². The van der Waals surface area contributed by atoms with Gasteiger partial charge in [-0.25, -0.2) is 0 Å². The van der Waals surface area contributed by atoms with Gasteiger partial charge in [0.05, 0.1) is 12.8 Å². The summed E-state index contributed by atoms with van der Waals surface area (Å²) in [5, 5.41) is 10.9. The van der Waals surface area contributed by atoms with Gasteiger partial charge < -0.3 is 4.74 Å². The number of benzene rings is 1. The zero-order valence-corrected chi connectivity index (χ0v) is 8.48. The Bertz CT molecular complexity index is 529. The number of hydrogen-bond acceptors (Lipinski definition) is 4. The zero-order valence-electron chi connectivity index (χ0n) is 8.48. The van der Waals surface area contributed by atoms with Gasteiger partial charge in [-0.1, -0.05) is 5.11 Å². The van der Waals surface area contributed by atoms with Crippen molar-refractivity contribution in [2.24, 2.45) is 5.11 Å². The molecular formula is C9H8N6O. The molecule has 0 aliphatic heterocycles. The van der Waals surface area contributed by atoms with Crippen molar-refractivity contribution in [1.82, 2.24) is 14.8 Å². The van der Waals surface area contributed by atoms with Gasteiger partial charge >= 0.3 is 0 Å². The molecule has 0 aliphatic carbocycles. The van der Waals surface area contributed by atoms with Crippen LogP contribution >= 0.6 is 0 Å². The molecule has 0 bridgehead atoms. The number of nitrogens with zero attached hydrogens (tertiary/aromatic N) is 6. The molecule has 0 aliphatic rings. The minimum atomic E-state index is 0.427. The van der Waals surface area contributed by atoms with Gasteiger partial charge in [0.25, 0.3) is 0 Å². The van der Waals surface area contributed by atoms with Crippen LogP contribution in [0.3, 0.4) is 0 Å². The summed E-state index contributed by atoms with van der Waals surface area (Å²) in [6.45, 7) is 0. The molecule has 2 aromatic rings. The molecule has 0 amide bonds. The molecular weight excluding hydrogens is 208 g/mol. The van der Waals surface area contributed by atoms with Crippen LogP contribution < -0.4 is 4.74 Å². The summed E-state index contributed by atoms with van der Waals surface area (Å²) >= 11 is 0. The molecule has 0 fully saturated rings. The molecule has 1 aromatic heterocycles. The smallest absolute Gasteiger partial charge is 0.128 e. The fraction of sp³-hybridized carbons (Fsp3) is 0.111. The third-order valence-electron chi connectivity index (χ3n) is 2.03. The molecule has 16 heavy (non-hydrogen) atoms. The average molecular weight is 216 g/mol. The number of aromatic nitrogens is 3. The lowest BCUT2D eigenvalue weighted by atomic mass is 10.2. The fourth-order valence-electron chi connectivity index (χ4n) is 1.30. The van der Waals surface area contributed by atoms with Crippen molar-refractivity contribution >= 4 is 5.69 Å². The van der Waals surface area contributed by atoms with Crippen LogP contribution in [-0.4, -0.2) is 21.9 Å². The van der Waals surface area contributed by atoms with Gasteiger partial charge in [-0.05, 0) is 23.7 Å². The molecule has 0 N–H and O–H groups in total. The number of hydrogen-bond donors (Lipinski definition) is 0. The summed E-state index contributed by atoms with van der Waals surface area (Å²) in [5.41, 5.74) is 9.66. The van der Waals surface area contributed by atoms with E-state index in [1.807, 2.05) is 6.07 Å². The lowest BCUT2D eigenvalue weighted by Gasteiger charge is -2.06. The predicted octanol–water partition coefficient (Wildman–Crippen LogP) is 2.22. The zero-order chi connectivity index (χ0) is 11.4. The van der Waals surface area contributed by atoms with Crippen LogP contribution in [0.4, 0.5) is 5.69 Å². The quantitative estimate of drug-likeness (QED) is 0.447. The standard InChI is InChI=1S/C9H8N6O/c1-16-9-3-2-7(4-8(9)13-14-10)15-5-11-12-6-15/h2-6H,1H3. The minimum absolute atomic E-state index is 0.427. The second-order valence-electron chi connectivity index (χ2n) is 2.91. The highest BCUT2D eigenvalue weighted by Gasteiger charge is 2.03. The van der Waals surface area contributed by atoms with Gasteiger partial charge in [0.2, 0.25) is 0 Å². The summed E-state index contributed by atoms with van der Waals surface area (Å²) in [5.74, 6) is 0.523. The van der Waals surface area contributed by atoms with E-state index >= 15 is 0 Å². The van der Waals surface area contributed by atoms with Gasteiger partial charge in [0, 0.05) is 10.6 Å². The van der Waals surface area contributed by atoms with E-state index in [0.29, 0.717) is 11.4 Å². The van der Waals surface area contributed by atoms with Crippen molar-refractivity contribution in [2.45, 2.75) is 0 Å². The maximum absolute atomic E-state index is 8.43. The predicted molar refractivity (Wildman–Crippen MR) is 56.7 cm³/mol. The monoisotopic (exact) mass is 216 g/mol. The van der Waals surface area contributed by atoms with E-state index in [2.05, 4.69) is 20.2 Å². The van der Waals surface area contributed by atoms with E-state index in [-0.39, 0.29) is 0 Å². The molecule has 0 saturated carbocycles. The Kier molecular flexibility index (Phi) is 2.71. The fourth-order valence-corrected chi connectivity index (χ4v) is 1.30. The lowest BCUT2D eigenvalue weighted by molar-refractivity contribution is 0.416. The Morgan fingerprint density at radius 3 is 2.75 bits per heavy atom. The van der Waals surface area contributed by atoms with Crippen molar-refractivity contribution in [3.63, 3.8) is 0 Å². The first-order valence-corrected chi connectivity index (χ1v) is 4.43. The van der Waals surface area contributed by atoms with Gasteiger partial charge in [0.1, 0.15) is 18.4 Å². The molecule has 2 rings (SSSR count). The second-order valence-corrected chi connectivity index (χ2v) is 2.91. The Morgan fingerprint density at radius 2 is 2.12 bits per heavy atom. The van der Waals surface area contributed by atoms with Crippen LogP contribution in [0.15, 0.2) is 36.0 Å². The number of methoxy groups -OCH3 is 1. The molecule has 1 aromatic carbocycles. The highest BCUT2D eigenvalue weighted by molar-refractivity contribution is 5.57. The number of azide groups is 1. The van der Waals surface area contributed by atoms with Gasteiger partial charge in [-0.3, -0.25) is 4.57 Å². The summed E-state index contributed by atoms with van der Waals surface area (Å²) in [4.78, 5) is 2.74. The summed E-state index contributed by atoms with van der Waals surface area (Å²) < 4.78 is 6.77. The molecule has 7 heteroatoms. The van der Waals surface area contributed by atoms with Crippen LogP contribution in [0, 0.1) is 0 Å². The normalized spacial score (nSPS) is 9.56. The SMILES string of the molecule is COc1ccc(-n2cnnc2)cc1N=[N+]=[N-]. The molecule has 7 nitrogen and oxygen atoms in total. The first kappa shape index (κ1) is 10.0. The molecule has 0 saturated heterocycles. The third-order valence-corrected chi connectivity index (χ3v) is 2.03. The highest BCUT2D eigenvalue weighted by Crippen LogP contribution is 2.29. The van der Waals surface area contributed by atoms with Crippen LogP contribution in [0.2, 0.25) is 0 Å². The van der Waals surface area contributed by atoms with Gasteiger partial charge in [-0.15, -0.1) is 10.2 Å². The van der Waals surface area contributed by atoms with E-state index in [0.717, 1.165) is 5.69 Å². The lowest BCUT2D eigenvalue weighted by Crippen LogP contribution is -1.91. The van der Waals surface area contributed by atoms with Gasteiger partial charge in [0.15, 0.2) is 0 Å². The maximum Gasteiger partial charge on any atom is 0.128 e. The van der Waals surface area contributed by atoms with Crippen molar-refractivity contribution in [1.29, 1.82) is 0 Å². The van der Waals surface area contributed by atoms with Crippen LogP contribution in [0.1, 0.15) is 0 Å². The summed E-state index contributed by atoms with van der Waals surface area (Å²) in [6, 6.07) is 5.24. The average Bonchev–Trinajstić information content (AvgIpc) is 2.83. The van der Waals surface area contributed by atoms with E-state index < -0.39 is 0 Å². The Balaban J connectivity index is 2.51. The molecule has 80 valence electrons. The Labute approximate surface area is 90.9 Å². The first-order chi connectivity index (χ1) is 7.85. The highest BCUT2D eigenvalue weighted by atomic mass is 16.5. The van der Waals surface area contributed by atoms with Crippen LogP contribution in [-0.2, 0) is 0 Å². The third kappa shape index (κ3) is 1.79. The van der Waals surface area contributed by atoms with E-state index in [4.69, 9.17) is 10.3 Å². The second kappa shape index (κ2) is 4.33. The molecule has 0 atom stereocenters. The molecule has 0 radical (unpaired) electrons. The van der Waals surface area contributed by atoms with E-state index in [9.17, 15) is 0 Å². The van der Waals surface area contributed by atoms with Crippen molar-refractivity contribution in [3.05, 3.63) is 41.3 Å². The summed E-state index contributed by atoms with van der Waals surface area (Å²) in [6.07, 6.45) is 3.11. The number of ether oxygens (including phenoxy) is 1. The van der Waals surface area contributed by atoms with Crippen LogP contribution in [0.5, 0.6) is 5.75 Å². The van der Waals surface area contributed by atoms with Gasteiger partial charge in [-0.2, -0.15) is 0 Å². The van der Waals surface area contributed by atoms with E-state index in [1.165, 1.54) is 7.11 Å². The summed E-state index contributed by atoms with van der Waals surface area (Å²) in [7, 11) is 1.52. The topological polar surface area (TPSA) is 88.7 Å². The van der Waals surface area contributed by atoms with Crippen molar-refractivity contribution in [2.75, 3.05) is 7.11 Å². The number of rotatable bonds is 3.